The topological polar surface area (TPSA) is 70.1 Å². The third-order valence-corrected chi connectivity index (χ3v) is 3.84. The van der Waals surface area contributed by atoms with Crippen molar-refractivity contribution in [1.82, 2.24) is 9.80 Å². The van der Waals surface area contributed by atoms with Crippen LogP contribution in [0.3, 0.4) is 0 Å². The van der Waals surface area contributed by atoms with Gasteiger partial charge in [-0.2, -0.15) is 0 Å². The average Bonchev–Trinajstić information content (AvgIpc) is 2.79. The number of aliphatic hydroxyl groups excluding tert-OH is 1. The second-order valence-electron chi connectivity index (χ2n) is 5.62. The van der Waals surface area contributed by atoms with Crippen LogP contribution in [0.2, 0.25) is 5.02 Å². The molecule has 6 nitrogen and oxygen atoms in total. The molecule has 1 saturated heterocycles. The fourth-order valence-electron chi connectivity index (χ4n) is 2.42. The molecule has 0 spiro atoms. The first-order valence-corrected chi connectivity index (χ1v) is 7.91. The molecular formula is C16H21ClN2O4. The Balaban J connectivity index is 1.68. The molecule has 126 valence electrons. The molecule has 1 atom stereocenters. The van der Waals surface area contributed by atoms with Crippen LogP contribution >= 0.6 is 11.6 Å². The fraction of sp³-hybridized carbons (Fsp3) is 0.500. The maximum absolute atomic E-state index is 11.5. The monoisotopic (exact) mass is 340 g/mol. The predicted octanol–water partition coefficient (Wildman–Crippen LogP) is 1.16. The van der Waals surface area contributed by atoms with Gasteiger partial charge in [-0.15, -0.1) is 0 Å². The number of likely N-dealkylation sites (N-methyl/N-ethyl adjacent to an activating group) is 1. The van der Waals surface area contributed by atoms with Crippen LogP contribution in [-0.2, 0) is 9.59 Å². The number of benzene rings is 1. The molecule has 0 unspecified atom stereocenters. The van der Waals surface area contributed by atoms with Gasteiger partial charge < -0.3 is 14.7 Å². The molecule has 23 heavy (non-hydrogen) atoms. The summed E-state index contributed by atoms with van der Waals surface area (Å²) in [5.74, 6) is 0.279. The molecule has 0 saturated carbocycles. The zero-order valence-corrected chi connectivity index (χ0v) is 13.8. The van der Waals surface area contributed by atoms with E-state index in [-0.39, 0.29) is 31.2 Å². The number of aliphatic hydroxyl groups is 1. The predicted molar refractivity (Wildman–Crippen MR) is 86.4 cm³/mol. The van der Waals surface area contributed by atoms with Gasteiger partial charge in [-0.25, -0.2) is 0 Å². The number of β-amino-alcohol motifs (C(OH)–C–C–N with tert-alkyl or cyclic N) is 1. The molecule has 1 aromatic rings. The lowest BCUT2D eigenvalue weighted by molar-refractivity contribution is -0.140. The Morgan fingerprint density at radius 2 is 2.04 bits per heavy atom. The highest BCUT2D eigenvalue weighted by atomic mass is 35.5. The van der Waals surface area contributed by atoms with Crippen LogP contribution in [0.1, 0.15) is 12.8 Å². The van der Waals surface area contributed by atoms with Gasteiger partial charge in [0.15, 0.2) is 0 Å². The van der Waals surface area contributed by atoms with Crippen molar-refractivity contribution in [2.45, 2.75) is 18.9 Å². The van der Waals surface area contributed by atoms with Gasteiger partial charge in [-0.05, 0) is 25.2 Å². The average molecular weight is 341 g/mol. The van der Waals surface area contributed by atoms with Gasteiger partial charge in [0.25, 0.3) is 0 Å². The molecule has 2 amide bonds. The van der Waals surface area contributed by atoms with E-state index in [0.29, 0.717) is 30.5 Å². The number of rotatable bonds is 8. The maximum atomic E-state index is 11.5. The van der Waals surface area contributed by atoms with E-state index in [0.717, 1.165) is 4.90 Å². The minimum absolute atomic E-state index is 0.0527. The summed E-state index contributed by atoms with van der Waals surface area (Å²) >= 11 is 5.88. The van der Waals surface area contributed by atoms with Crippen LogP contribution in [-0.4, -0.2) is 66.1 Å². The highest BCUT2D eigenvalue weighted by Crippen LogP contribution is 2.17. The molecule has 2 rings (SSSR count). The Bertz CT molecular complexity index is 551. The van der Waals surface area contributed by atoms with Crippen LogP contribution in [0, 0.1) is 0 Å². The largest absolute Gasteiger partial charge is 0.492 e. The highest BCUT2D eigenvalue weighted by molar-refractivity contribution is 6.30. The lowest BCUT2D eigenvalue weighted by atomic mass is 10.3. The molecule has 0 bridgehead atoms. The number of carbonyl (C=O) groups excluding carboxylic acids is 2. The molecule has 1 heterocycles. The van der Waals surface area contributed by atoms with Crippen molar-refractivity contribution in [3.63, 3.8) is 0 Å². The summed E-state index contributed by atoms with van der Waals surface area (Å²) in [4.78, 5) is 26.1. The molecule has 0 aliphatic carbocycles. The van der Waals surface area contributed by atoms with E-state index in [1.807, 2.05) is 24.1 Å². The number of halogens is 1. The Kier molecular flexibility index (Phi) is 6.38. The molecular weight excluding hydrogens is 320 g/mol. The Morgan fingerprint density at radius 1 is 1.35 bits per heavy atom. The Morgan fingerprint density at radius 3 is 2.70 bits per heavy atom. The van der Waals surface area contributed by atoms with Crippen molar-refractivity contribution in [2.75, 3.05) is 33.3 Å². The summed E-state index contributed by atoms with van der Waals surface area (Å²) in [5.41, 5.74) is 0. The van der Waals surface area contributed by atoms with Crippen molar-refractivity contribution in [3.8, 4) is 5.75 Å². The van der Waals surface area contributed by atoms with Gasteiger partial charge in [0.05, 0.1) is 12.6 Å². The van der Waals surface area contributed by atoms with Gasteiger partial charge in [-0.1, -0.05) is 17.7 Å². The van der Waals surface area contributed by atoms with Crippen molar-refractivity contribution in [3.05, 3.63) is 29.3 Å². The number of amides is 2. The normalized spacial score (nSPS) is 16.3. The summed E-state index contributed by atoms with van der Waals surface area (Å²) in [6, 6.07) is 7.15. The summed E-state index contributed by atoms with van der Waals surface area (Å²) in [6.07, 6.45) is -0.277. The first kappa shape index (κ1) is 17.7. The van der Waals surface area contributed by atoms with Crippen molar-refractivity contribution < 1.29 is 19.4 Å². The van der Waals surface area contributed by atoms with Crippen LogP contribution in [0.4, 0.5) is 0 Å². The summed E-state index contributed by atoms with van der Waals surface area (Å²) < 4.78 is 5.58. The molecule has 0 radical (unpaired) electrons. The Labute approximate surface area is 140 Å². The van der Waals surface area contributed by atoms with Crippen LogP contribution in [0.5, 0.6) is 5.75 Å². The minimum Gasteiger partial charge on any atom is -0.492 e. The summed E-state index contributed by atoms with van der Waals surface area (Å²) in [7, 11) is 1.85. The van der Waals surface area contributed by atoms with Gasteiger partial charge in [0.1, 0.15) is 12.4 Å². The van der Waals surface area contributed by atoms with Gasteiger partial charge in [0, 0.05) is 31.0 Å². The SMILES string of the molecule is CN(CCOc1cccc(Cl)c1)C[C@@H](O)CN1C(=O)CCC1=O. The van der Waals surface area contributed by atoms with E-state index in [1.165, 1.54) is 0 Å². The second kappa shape index (κ2) is 8.29. The quantitative estimate of drug-likeness (QED) is 0.719. The van der Waals surface area contributed by atoms with Crippen molar-refractivity contribution >= 4 is 23.4 Å². The highest BCUT2D eigenvalue weighted by Gasteiger charge is 2.30. The lowest BCUT2D eigenvalue weighted by Gasteiger charge is -2.23. The van der Waals surface area contributed by atoms with E-state index >= 15 is 0 Å². The zero-order chi connectivity index (χ0) is 16.8. The van der Waals surface area contributed by atoms with E-state index < -0.39 is 6.10 Å². The molecule has 1 aliphatic rings. The molecule has 1 N–H and O–H groups in total. The number of imide groups is 1. The lowest BCUT2D eigenvalue weighted by Crippen LogP contribution is -2.42. The van der Waals surface area contributed by atoms with Crippen LogP contribution in [0.25, 0.3) is 0 Å². The number of nitrogens with zero attached hydrogens (tertiary/aromatic N) is 2. The number of ether oxygens (including phenoxy) is 1. The minimum atomic E-state index is -0.767. The van der Waals surface area contributed by atoms with E-state index in [9.17, 15) is 14.7 Å². The molecule has 7 heteroatoms. The van der Waals surface area contributed by atoms with Gasteiger partial charge >= 0.3 is 0 Å². The van der Waals surface area contributed by atoms with Crippen LogP contribution in [0.15, 0.2) is 24.3 Å². The maximum Gasteiger partial charge on any atom is 0.229 e. The standard InChI is InChI=1S/C16H21ClN2O4/c1-18(7-8-23-14-4-2-3-12(17)9-14)10-13(20)11-19-15(21)5-6-16(19)22/h2-4,9,13,20H,5-8,10-11H2,1H3/t13-/m1/s1. The smallest absolute Gasteiger partial charge is 0.229 e. The second-order valence-corrected chi connectivity index (χ2v) is 6.06. The van der Waals surface area contributed by atoms with E-state index in [2.05, 4.69) is 0 Å². The van der Waals surface area contributed by atoms with Crippen molar-refractivity contribution in [2.24, 2.45) is 0 Å². The Hall–Kier alpha value is -1.63. The first-order valence-electron chi connectivity index (χ1n) is 7.54. The fourth-order valence-corrected chi connectivity index (χ4v) is 2.60. The first-order chi connectivity index (χ1) is 11.0. The molecule has 1 aliphatic heterocycles. The molecule has 1 fully saturated rings. The van der Waals surface area contributed by atoms with Crippen LogP contribution < -0.4 is 4.74 Å². The molecule has 1 aromatic carbocycles. The zero-order valence-electron chi connectivity index (χ0n) is 13.1. The van der Waals surface area contributed by atoms with Gasteiger partial charge in [-0.3, -0.25) is 14.5 Å². The third kappa shape index (κ3) is 5.49. The van der Waals surface area contributed by atoms with Crippen molar-refractivity contribution in [1.29, 1.82) is 0 Å². The van der Waals surface area contributed by atoms with Gasteiger partial charge in [0.2, 0.25) is 11.8 Å². The number of likely N-dealkylation sites (tertiary alicyclic amines) is 1. The van der Waals surface area contributed by atoms with E-state index in [1.54, 1.807) is 12.1 Å². The third-order valence-electron chi connectivity index (χ3n) is 3.61. The summed E-state index contributed by atoms with van der Waals surface area (Å²) in [6.45, 7) is 1.46. The molecule has 0 aromatic heterocycles. The number of hydrogen-bond acceptors (Lipinski definition) is 5. The number of hydrogen-bond donors (Lipinski definition) is 1. The summed E-state index contributed by atoms with van der Waals surface area (Å²) in [5, 5.41) is 10.6. The number of carbonyl (C=O) groups is 2. The van der Waals surface area contributed by atoms with E-state index in [4.69, 9.17) is 16.3 Å².